The lowest BCUT2D eigenvalue weighted by Crippen LogP contribution is -2.40. The van der Waals surface area contributed by atoms with E-state index in [0.29, 0.717) is 11.5 Å². The molecule has 2 saturated carbocycles. The zero-order valence-electron chi connectivity index (χ0n) is 11.3. The fourth-order valence-corrected chi connectivity index (χ4v) is 4.14. The molecule has 3 rings (SSSR count). The predicted octanol–water partition coefficient (Wildman–Crippen LogP) is 3.34. The Balaban J connectivity index is 1.68. The summed E-state index contributed by atoms with van der Waals surface area (Å²) in [6.45, 7) is 2.08. The first-order chi connectivity index (χ1) is 9.54. The topological polar surface area (TPSA) is 54.9 Å². The third-order valence-electron chi connectivity index (χ3n) is 4.76. The minimum absolute atomic E-state index is 0.0899. The van der Waals surface area contributed by atoms with Gasteiger partial charge in [0.05, 0.1) is 5.56 Å². The Morgan fingerprint density at radius 3 is 2.80 bits per heavy atom. The molecule has 4 atom stereocenters. The average molecular weight is 314 g/mol. The molecular formula is C14H17Cl2N3O. The van der Waals surface area contributed by atoms with Crippen LogP contribution in [0.4, 0.5) is 0 Å². The molecule has 2 aliphatic carbocycles. The summed E-state index contributed by atoms with van der Waals surface area (Å²) in [6.07, 6.45) is 5.22. The maximum Gasteiger partial charge on any atom is 0.254 e. The molecule has 2 aliphatic rings. The number of amides is 1. The zero-order chi connectivity index (χ0) is 14.3. The van der Waals surface area contributed by atoms with Crippen molar-refractivity contribution in [1.29, 1.82) is 0 Å². The molecule has 0 radical (unpaired) electrons. The highest BCUT2D eigenvalue weighted by Gasteiger charge is 2.42. The molecular weight excluding hydrogens is 297 g/mol. The lowest BCUT2D eigenvalue weighted by Gasteiger charge is -2.28. The van der Waals surface area contributed by atoms with Crippen LogP contribution < -0.4 is 5.32 Å². The van der Waals surface area contributed by atoms with E-state index in [-0.39, 0.29) is 22.3 Å². The Morgan fingerprint density at radius 1 is 1.35 bits per heavy atom. The van der Waals surface area contributed by atoms with Crippen molar-refractivity contribution in [1.82, 2.24) is 15.5 Å². The van der Waals surface area contributed by atoms with Crippen LogP contribution in [0.5, 0.6) is 0 Å². The summed E-state index contributed by atoms with van der Waals surface area (Å²) >= 11 is 11.7. The second-order valence-electron chi connectivity index (χ2n) is 5.97. The van der Waals surface area contributed by atoms with E-state index in [1.54, 1.807) is 0 Å². The minimum atomic E-state index is -0.220. The van der Waals surface area contributed by atoms with Gasteiger partial charge in [-0.2, -0.15) is 0 Å². The van der Waals surface area contributed by atoms with E-state index in [0.717, 1.165) is 11.8 Å². The first-order valence-electron chi connectivity index (χ1n) is 7.04. The first-order valence-corrected chi connectivity index (χ1v) is 7.79. The van der Waals surface area contributed by atoms with Crippen molar-refractivity contribution >= 4 is 29.1 Å². The molecule has 4 nitrogen and oxygen atoms in total. The van der Waals surface area contributed by atoms with Gasteiger partial charge in [-0.05, 0) is 50.0 Å². The summed E-state index contributed by atoms with van der Waals surface area (Å²) in [7, 11) is 0. The number of halogens is 2. The number of nitrogens with zero attached hydrogens (tertiary/aromatic N) is 2. The second-order valence-corrected chi connectivity index (χ2v) is 6.72. The highest BCUT2D eigenvalue weighted by molar-refractivity contribution is 6.34. The fraction of sp³-hybridized carbons (Fsp3) is 0.643. The van der Waals surface area contributed by atoms with E-state index in [9.17, 15) is 4.79 Å². The molecule has 0 aromatic carbocycles. The van der Waals surface area contributed by atoms with Crippen molar-refractivity contribution in [2.45, 2.75) is 38.6 Å². The smallest absolute Gasteiger partial charge is 0.254 e. The van der Waals surface area contributed by atoms with Gasteiger partial charge in [0.2, 0.25) is 0 Å². The average Bonchev–Trinajstić information content (AvgIpc) is 3.03. The summed E-state index contributed by atoms with van der Waals surface area (Å²) in [5, 5.41) is 10.6. The number of carbonyl (C=O) groups is 1. The molecule has 4 unspecified atom stereocenters. The van der Waals surface area contributed by atoms with E-state index >= 15 is 0 Å². The molecule has 2 bridgehead atoms. The second kappa shape index (κ2) is 5.49. The fourth-order valence-electron chi connectivity index (χ4n) is 3.81. The van der Waals surface area contributed by atoms with Crippen molar-refractivity contribution in [2.24, 2.45) is 17.8 Å². The number of aromatic nitrogens is 2. The molecule has 0 spiro atoms. The molecule has 1 amide bonds. The van der Waals surface area contributed by atoms with Gasteiger partial charge in [-0.25, -0.2) is 0 Å². The third kappa shape index (κ3) is 2.63. The molecule has 0 saturated heterocycles. The van der Waals surface area contributed by atoms with Crippen LogP contribution in [0.2, 0.25) is 10.3 Å². The van der Waals surface area contributed by atoms with Crippen molar-refractivity contribution in [3.8, 4) is 0 Å². The van der Waals surface area contributed by atoms with Gasteiger partial charge in [-0.1, -0.05) is 29.6 Å². The summed E-state index contributed by atoms with van der Waals surface area (Å²) < 4.78 is 0. The molecule has 0 aliphatic heterocycles. The van der Waals surface area contributed by atoms with Crippen LogP contribution in [0.25, 0.3) is 0 Å². The largest absolute Gasteiger partial charge is 0.349 e. The van der Waals surface area contributed by atoms with Crippen molar-refractivity contribution < 1.29 is 4.79 Å². The van der Waals surface area contributed by atoms with E-state index in [4.69, 9.17) is 23.2 Å². The Morgan fingerprint density at radius 2 is 2.15 bits per heavy atom. The van der Waals surface area contributed by atoms with Crippen LogP contribution in [0.3, 0.4) is 0 Å². The zero-order valence-corrected chi connectivity index (χ0v) is 12.8. The van der Waals surface area contributed by atoms with Gasteiger partial charge in [-0.3, -0.25) is 4.79 Å². The Hall–Kier alpha value is -0.870. The minimum Gasteiger partial charge on any atom is -0.349 e. The SMILES string of the molecule is CC(NC(=O)c1cc(Cl)nnc1Cl)C1CC2CCC1C2. The number of rotatable bonds is 3. The van der Waals surface area contributed by atoms with Crippen LogP contribution in [0, 0.1) is 17.8 Å². The standard InChI is InChI=1S/C14H17Cl2N3O/c1-7(10-5-8-2-3-9(10)4-8)17-14(20)11-6-12(15)18-19-13(11)16/h6-10H,2-5H2,1H3,(H,17,20). The van der Waals surface area contributed by atoms with Gasteiger partial charge >= 0.3 is 0 Å². The van der Waals surface area contributed by atoms with Crippen LogP contribution in [-0.4, -0.2) is 22.1 Å². The quantitative estimate of drug-likeness (QED) is 0.931. The highest BCUT2D eigenvalue weighted by atomic mass is 35.5. The van der Waals surface area contributed by atoms with Crippen LogP contribution in [0.15, 0.2) is 6.07 Å². The van der Waals surface area contributed by atoms with Gasteiger partial charge in [-0.15, -0.1) is 10.2 Å². The number of hydrogen-bond acceptors (Lipinski definition) is 3. The number of fused-ring (bicyclic) bond motifs is 2. The van der Waals surface area contributed by atoms with Gasteiger partial charge in [0.1, 0.15) is 0 Å². The summed E-state index contributed by atoms with van der Waals surface area (Å²) in [5.74, 6) is 2.00. The maximum absolute atomic E-state index is 12.3. The first kappa shape index (κ1) is 14.1. The lowest BCUT2D eigenvalue weighted by molar-refractivity contribution is 0.0915. The maximum atomic E-state index is 12.3. The van der Waals surface area contributed by atoms with Crippen molar-refractivity contribution in [3.05, 3.63) is 21.9 Å². The van der Waals surface area contributed by atoms with Crippen LogP contribution >= 0.6 is 23.2 Å². The van der Waals surface area contributed by atoms with E-state index in [2.05, 4.69) is 22.4 Å². The number of hydrogen-bond donors (Lipinski definition) is 1. The molecule has 1 aromatic rings. The lowest BCUT2D eigenvalue weighted by atomic mass is 9.84. The molecule has 1 heterocycles. The van der Waals surface area contributed by atoms with Gasteiger partial charge < -0.3 is 5.32 Å². The summed E-state index contributed by atoms with van der Waals surface area (Å²) in [5.41, 5.74) is 0.293. The normalized spacial score (nSPS) is 29.4. The predicted molar refractivity (Wildman–Crippen MR) is 77.9 cm³/mol. The van der Waals surface area contributed by atoms with E-state index in [1.807, 2.05) is 0 Å². The van der Waals surface area contributed by atoms with Gasteiger partial charge in [0.15, 0.2) is 10.3 Å². The summed E-state index contributed by atoms with van der Waals surface area (Å²) in [6, 6.07) is 1.61. The van der Waals surface area contributed by atoms with Gasteiger partial charge in [0, 0.05) is 6.04 Å². The molecule has 20 heavy (non-hydrogen) atoms. The van der Waals surface area contributed by atoms with Crippen molar-refractivity contribution in [2.75, 3.05) is 0 Å². The molecule has 1 N–H and O–H groups in total. The monoisotopic (exact) mass is 313 g/mol. The van der Waals surface area contributed by atoms with Crippen LogP contribution in [0.1, 0.15) is 43.0 Å². The number of carbonyl (C=O) groups excluding carboxylic acids is 1. The Kier molecular flexibility index (Phi) is 3.87. The van der Waals surface area contributed by atoms with Crippen LogP contribution in [-0.2, 0) is 0 Å². The van der Waals surface area contributed by atoms with E-state index < -0.39 is 0 Å². The van der Waals surface area contributed by atoms with E-state index in [1.165, 1.54) is 31.7 Å². The Bertz CT molecular complexity index is 537. The summed E-state index contributed by atoms with van der Waals surface area (Å²) in [4.78, 5) is 12.3. The highest BCUT2D eigenvalue weighted by Crippen LogP contribution is 2.49. The molecule has 6 heteroatoms. The third-order valence-corrected chi connectivity index (χ3v) is 5.22. The van der Waals surface area contributed by atoms with Gasteiger partial charge in [0.25, 0.3) is 5.91 Å². The Labute approximate surface area is 128 Å². The number of nitrogens with one attached hydrogen (secondary N) is 1. The van der Waals surface area contributed by atoms with Crippen molar-refractivity contribution in [3.63, 3.8) is 0 Å². The molecule has 2 fully saturated rings. The molecule has 108 valence electrons. The molecule has 1 aromatic heterocycles.